The van der Waals surface area contributed by atoms with Gasteiger partial charge in [0, 0.05) is 19.3 Å². The number of hydrogen-bond donors (Lipinski definition) is 0. The zero-order valence-electron chi connectivity index (χ0n) is 47.9. The molecule has 0 rings (SSSR count). The van der Waals surface area contributed by atoms with E-state index in [1.807, 2.05) is 0 Å². The maximum atomic E-state index is 12.9. The van der Waals surface area contributed by atoms with Gasteiger partial charge in [-0.3, -0.25) is 14.4 Å². The van der Waals surface area contributed by atoms with Gasteiger partial charge in [-0.2, -0.15) is 0 Å². The van der Waals surface area contributed by atoms with E-state index < -0.39 is 6.10 Å². The molecule has 0 aromatic rings. The molecule has 0 aromatic heterocycles. The molecule has 1 unspecified atom stereocenters. The summed E-state index contributed by atoms with van der Waals surface area (Å²) in [5.41, 5.74) is 0. The molecule has 0 aliphatic rings. The van der Waals surface area contributed by atoms with Crippen molar-refractivity contribution in [1.29, 1.82) is 0 Å². The summed E-state index contributed by atoms with van der Waals surface area (Å²) in [6, 6.07) is 0. The Morgan fingerprint density at radius 3 is 0.890 bits per heavy atom. The van der Waals surface area contributed by atoms with E-state index in [1.165, 1.54) is 148 Å². The van der Waals surface area contributed by atoms with Gasteiger partial charge in [-0.1, -0.05) is 246 Å². The first-order valence-electron chi connectivity index (χ1n) is 30.7. The monoisotopic (exact) mass is 1010 g/mol. The molecular weight excluding hydrogens is 901 g/mol. The van der Waals surface area contributed by atoms with Crippen LogP contribution in [0.15, 0.2) is 97.2 Å². The fourth-order valence-corrected chi connectivity index (χ4v) is 8.44. The van der Waals surface area contributed by atoms with Crippen LogP contribution in [-0.4, -0.2) is 37.2 Å². The second kappa shape index (κ2) is 60.9. The molecule has 73 heavy (non-hydrogen) atoms. The minimum atomic E-state index is -0.801. The topological polar surface area (TPSA) is 78.9 Å². The normalized spacial score (nSPS) is 12.8. The fourth-order valence-electron chi connectivity index (χ4n) is 8.44. The molecule has 0 aliphatic heterocycles. The highest BCUT2D eigenvalue weighted by molar-refractivity contribution is 5.71. The van der Waals surface area contributed by atoms with Crippen LogP contribution in [0.5, 0.6) is 0 Å². The van der Waals surface area contributed by atoms with Crippen molar-refractivity contribution in [3.63, 3.8) is 0 Å². The second-order valence-electron chi connectivity index (χ2n) is 20.2. The zero-order chi connectivity index (χ0) is 52.9. The molecule has 0 aromatic carbocycles. The van der Waals surface area contributed by atoms with Crippen LogP contribution in [0.3, 0.4) is 0 Å². The lowest BCUT2D eigenvalue weighted by atomic mass is 10.0. The number of allylic oxidation sites excluding steroid dienone is 16. The van der Waals surface area contributed by atoms with Gasteiger partial charge >= 0.3 is 17.9 Å². The molecule has 0 bridgehead atoms. The highest BCUT2D eigenvalue weighted by Gasteiger charge is 2.19. The lowest BCUT2D eigenvalue weighted by Gasteiger charge is -2.18. The summed E-state index contributed by atoms with van der Waals surface area (Å²) in [4.78, 5) is 38.2. The highest BCUT2D eigenvalue weighted by atomic mass is 16.6. The largest absolute Gasteiger partial charge is 0.462 e. The van der Waals surface area contributed by atoms with Crippen LogP contribution < -0.4 is 0 Å². The van der Waals surface area contributed by atoms with E-state index >= 15 is 0 Å². The SMILES string of the molecule is CC/C=C\C/C=C\C/C=C\C/C=C\CCCCC(=O)OCC(COC(=O)CCCCCCCCCCCCC/C=C\C/C=C\CCCCCCC)OC(=O)CCCCCCCCC/C=C\C/C=C\CCCCC. The van der Waals surface area contributed by atoms with Crippen LogP contribution in [-0.2, 0) is 28.6 Å². The van der Waals surface area contributed by atoms with Crippen molar-refractivity contribution in [2.75, 3.05) is 13.2 Å². The van der Waals surface area contributed by atoms with Crippen LogP contribution in [0.2, 0.25) is 0 Å². The standard InChI is InChI=1S/C67H114O6/c1-4-7-10-13-16-19-22-25-28-30-31-32-33-34-35-37-39-42-45-48-51-54-57-60-66(69)72-63-64(62-71-65(68)59-56-53-50-47-44-41-38-27-24-21-18-15-12-9-6-3)73-67(70)61-58-55-52-49-46-43-40-36-29-26-23-20-17-14-11-8-5-2/h9,12,17-18,20-22,25-27,29-31,38,44,47,64H,4-8,10-11,13-16,19,23-24,28,32-37,39-43,45-46,48-63H2,1-3H3/b12-9-,20-17-,21-18-,25-22-,29-26-,31-30-,38-27-,47-44-. The summed E-state index contributed by atoms with van der Waals surface area (Å²) in [6.45, 7) is 6.46. The van der Waals surface area contributed by atoms with Gasteiger partial charge in [-0.15, -0.1) is 0 Å². The first-order valence-corrected chi connectivity index (χ1v) is 30.7. The molecule has 0 fully saturated rings. The molecule has 418 valence electrons. The van der Waals surface area contributed by atoms with Crippen LogP contribution in [0.25, 0.3) is 0 Å². The van der Waals surface area contributed by atoms with Crippen molar-refractivity contribution in [3.05, 3.63) is 97.2 Å². The number of rotatable bonds is 55. The van der Waals surface area contributed by atoms with Crippen LogP contribution in [0.1, 0.15) is 290 Å². The number of hydrogen-bond acceptors (Lipinski definition) is 6. The molecule has 0 N–H and O–H groups in total. The molecule has 6 nitrogen and oxygen atoms in total. The second-order valence-corrected chi connectivity index (χ2v) is 20.2. The minimum absolute atomic E-state index is 0.0950. The number of unbranched alkanes of at least 4 members (excludes halogenated alkanes) is 28. The Morgan fingerprint density at radius 1 is 0.288 bits per heavy atom. The molecule has 0 radical (unpaired) electrons. The number of carbonyl (C=O) groups is 3. The first-order chi connectivity index (χ1) is 36.0. The van der Waals surface area contributed by atoms with Crippen LogP contribution >= 0.6 is 0 Å². The lowest BCUT2D eigenvalue weighted by molar-refractivity contribution is -0.167. The van der Waals surface area contributed by atoms with E-state index in [0.717, 1.165) is 103 Å². The van der Waals surface area contributed by atoms with Crippen molar-refractivity contribution in [2.45, 2.75) is 297 Å². The Hall–Kier alpha value is -3.67. The zero-order valence-corrected chi connectivity index (χ0v) is 47.9. The third kappa shape index (κ3) is 59.1. The third-order valence-electron chi connectivity index (χ3n) is 13.0. The Kier molecular flexibility index (Phi) is 57.8. The van der Waals surface area contributed by atoms with Crippen molar-refractivity contribution < 1.29 is 28.6 Å². The predicted molar refractivity (Wildman–Crippen MR) is 316 cm³/mol. The summed E-state index contributed by atoms with van der Waals surface area (Å²) in [5, 5.41) is 0. The molecule has 0 heterocycles. The summed E-state index contributed by atoms with van der Waals surface area (Å²) >= 11 is 0. The molecule has 0 amide bonds. The molecule has 1 atom stereocenters. The van der Waals surface area contributed by atoms with Gasteiger partial charge in [-0.05, 0) is 122 Å². The lowest BCUT2D eigenvalue weighted by Crippen LogP contribution is -2.30. The Morgan fingerprint density at radius 2 is 0.534 bits per heavy atom. The first kappa shape index (κ1) is 69.3. The third-order valence-corrected chi connectivity index (χ3v) is 13.0. The molecule has 0 aliphatic carbocycles. The maximum absolute atomic E-state index is 12.9. The molecule has 0 saturated carbocycles. The van der Waals surface area contributed by atoms with E-state index in [2.05, 4.69) is 118 Å². The Bertz CT molecular complexity index is 1440. The average Bonchev–Trinajstić information content (AvgIpc) is 3.39. The molecule has 6 heteroatoms. The van der Waals surface area contributed by atoms with Crippen LogP contribution in [0, 0.1) is 0 Å². The van der Waals surface area contributed by atoms with E-state index in [9.17, 15) is 14.4 Å². The number of esters is 3. The minimum Gasteiger partial charge on any atom is -0.462 e. The summed E-state index contributed by atoms with van der Waals surface area (Å²) < 4.78 is 16.9. The smallest absolute Gasteiger partial charge is 0.306 e. The number of ether oxygens (including phenoxy) is 3. The Labute approximate surface area is 451 Å². The molecule has 0 spiro atoms. The summed E-state index contributed by atoms with van der Waals surface area (Å²) in [7, 11) is 0. The fraction of sp³-hybridized carbons (Fsp3) is 0.716. The van der Waals surface area contributed by atoms with Gasteiger partial charge in [0.25, 0.3) is 0 Å². The van der Waals surface area contributed by atoms with Gasteiger partial charge in [-0.25, -0.2) is 0 Å². The quantitative estimate of drug-likeness (QED) is 0.0261. The van der Waals surface area contributed by atoms with Crippen molar-refractivity contribution >= 4 is 17.9 Å². The van der Waals surface area contributed by atoms with Gasteiger partial charge < -0.3 is 14.2 Å². The van der Waals surface area contributed by atoms with Crippen molar-refractivity contribution in [1.82, 2.24) is 0 Å². The van der Waals surface area contributed by atoms with Crippen LogP contribution in [0.4, 0.5) is 0 Å². The predicted octanol–water partition coefficient (Wildman–Crippen LogP) is 20.9. The molecule has 0 saturated heterocycles. The van der Waals surface area contributed by atoms with Gasteiger partial charge in [0.15, 0.2) is 6.10 Å². The summed E-state index contributed by atoms with van der Waals surface area (Å²) in [5.74, 6) is -0.942. The molecular formula is C67H114O6. The van der Waals surface area contributed by atoms with Crippen molar-refractivity contribution in [2.24, 2.45) is 0 Å². The van der Waals surface area contributed by atoms with E-state index in [0.29, 0.717) is 19.3 Å². The maximum Gasteiger partial charge on any atom is 0.306 e. The van der Waals surface area contributed by atoms with Gasteiger partial charge in [0.1, 0.15) is 13.2 Å². The highest BCUT2D eigenvalue weighted by Crippen LogP contribution is 2.15. The number of carbonyl (C=O) groups excluding carboxylic acids is 3. The van der Waals surface area contributed by atoms with E-state index in [-0.39, 0.29) is 31.1 Å². The Balaban J connectivity index is 4.40. The van der Waals surface area contributed by atoms with Gasteiger partial charge in [0.05, 0.1) is 0 Å². The van der Waals surface area contributed by atoms with Crippen molar-refractivity contribution in [3.8, 4) is 0 Å². The summed E-state index contributed by atoms with van der Waals surface area (Å²) in [6.07, 6.45) is 81.2. The van der Waals surface area contributed by atoms with E-state index in [4.69, 9.17) is 14.2 Å². The van der Waals surface area contributed by atoms with E-state index in [1.54, 1.807) is 0 Å². The van der Waals surface area contributed by atoms with Gasteiger partial charge in [0.2, 0.25) is 0 Å². The average molecular weight is 1020 g/mol.